The minimum Gasteiger partial charge on any atom is -0.465 e. The van der Waals surface area contributed by atoms with Crippen LogP contribution in [0.25, 0.3) is 6.08 Å². The summed E-state index contributed by atoms with van der Waals surface area (Å²) in [5.41, 5.74) is 1.41. The molecule has 0 spiro atoms. The second-order valence-corrected chi connectivity index (χ2v) is 5.83. The Bertz CT molecular complexity index is 562. The molecule has 1 aliphatic rings. The molecule has 116 valence electrons. The third-order valence-electron chi connectivity index (χ3n) is 4.12. The minimum atomic E-state index is 0.931. The summed E-state index contributed by atoms with van der Waals surface area (Å²) in [6.45, 7) is 6.71. The third-order valence-corrected chi connectivity index (χ3v) is 4.12. The molecule has 0 aliphatic carbocycles. The van der Waals surface area contributed by atoms with Gasteiger partial charge < -0.3 is 4.42 Å². The number of hydrogen-bond acceptors (Lipinski definition) is 3. The van der Waals surface area contributed by atoms with E-state index in [1.165, 1.54) is 25.1 Å². The monoisotopic (exact) mass is 296 g/mol. The van der Waals surface area contributed by atoms with E-state index < -0.39 is 0 Å². The maximum Gasteiger partial charge on any atom is 0.126 e. The zero-order chi connectivity index (χ0) is 15.0. The molecule has 3 heteroatoms. The van der Waals surface area contributed by atoms with Crippen molar-refractivity contribution < 1.29 is 4.42 Å². The fourth-order valence-corrected chi connectivity index (χ4v) is 2.91. The second kappa shape index (κ2) is 7.97. The van der Waals surface area contributed by atoms with E-state index in [1.807, 2.05) is 12.1 Å². The van der Waals surface area contributed by atoms with E-state index in [0.29, 0.717) is 0 Å². The molecule has 1 fully saturated rings. The highest BCUT2D eigenvalue weighted by atomic mass is 16.3. The van der Waals surface area contributed by atoms with Crippen LogP contribution in [0, 0.1) is 0 Å². The van der Waals surface area contributed by atoms with Gasteiger partial charge in [-0.2, -0.15) is 0 Å². The van der Waals surface area contributed by atoms with Crippen LogP contribution in [0.5, 0.6) is 0 Å². The zero-order valence-corrected chi connectivity index (χ0v) is 13.0. The molecule has 1 aliphatic heterocycles. The van der Waals surface area contributed by atoms with Gasteiger partial charge in [-0.3, -0.25) is 9.80 Å². The van der Waals surface area contributed by atoms with E-state index in [1.54, 1.807) is 6.26 Å². The molecule has 0 amide bonds. The molecule has 2 aromatic rings. The number of furan rings is 1. The van der Waals surface area contributed by atoms with E-state index in [2.05, 4.69) is 52.3 Å². The number of benzene rings is 1. The molecular weight excluding hydrogens is 272 g/mol. The standard InChI is InChI=1S/C19H24N2O/c1-2-7-18(8-3-1)17-21-13-6-12-20(14-15-21)11-4-9-19-10-5-16-22-19/h1-5,7-10,16H,6,11-15,17H2. The molecule has 0 atom stereocenters. The molecule has 3 rings (SSSR count). The fraction of sp³-hybridized carbons (Fsp3) is 0.368. The van der Waals surface area contributed by atoms with Crippen molar-refractivity contribution in [1.29, 1.82) is 0 Å². The van der Waals surface area contributed by atoms with Crippen LogP contribution < -0.4 is 0 Å². The molecule has 1 aromatic carbocycles. The zero-order valence-electron chi connectivity index (χ0n) is 13.0. The van der Waals surface area contributed by atoms with Crippen LogP contribution in [0.2, 0.25) is 0 Å². The number of hydrogen-bond donors (Lipinski definition) is 0. The van der Waals surface area contributed by atoms with E-state index in [0.717, 1.165) is 31.9 Å². The molecular formula is C19H24N2O. The van der Waals surface area contributed by atoms with Crippen molar-refractivity contribution in [3.63, 3.8) is 0 Å². The molecule has 0 radical (unpaired) electrons. The van der Waals surface area contributed by atoms with Gasteiger partial charge in [0.2, 0.25) is 0 Å². The lowest BCUT2D eigenvalue weighted by Crippen LogP contribution is -2.30. The van der Waals surface area contributed by atoms with Crippen LogP contribution >= 0.6 is 0 Å². The van der Waals surface area contributed by atoms with Crippen molar-refractivity contribution >= 4 is 6.08 Å². The second-order valence-electron chi connectivity index (χ2n) is 5.83. The van der Waals surface area contributed by atoms with Crippen molar-refractivity contribution in [1.82, 2.24) is 9.80 Å². The molecule has 0 N–H and O–H groups in total. The summed E-state index contributed by atoms with van der Waals surface area (Å²) in [7, 11) is 0. The summed E-state index contributed by atoms with van der Waals surface area (Å²) in [6.07, 6.45) is 7.22. The molecule has 2 heterocycles. The summed E-state index contributed by atoms with van der Waals surface area (Å²) in [6, 6.07) is 14.7. The first kappa shape index (κ1) is 15.1. The quantitative estimate of drug-likeness (QED) is 0.842. The summed E-state index contributed by atoms with van der Waals surface area (Å²) in [5.74, 6) is 0.931. The first-order valence-electron chi connectivity index (χ1n) is 8.09. The lowest BCUT2D eigenvalue weighted by molar-refractivity contribution is 0.262. The van der Waals surface area contributed by atoms with Gasteiger partial charge in [0.15, 0.2) is 0 Å². The summed E-state index contributed by atoms with van der Waals surface area (Å²) >= 11 is 0. The van der Waals surface area contributed by atoms with Gasteiger partial charge in [0, 0.05) is 26.2 Å². The third kappa shape index (κ3) is 4.58. The topological polar surface area (TPSA) is 19.6 Å². The average molecular weight is 296 g/mol. The van der Waals surface area contributed by atoms with Crippen molar-refractivity contribution in [2.75, 3.05) is 32.7 Å². The van der Waals surface area contributed by atoms with Crippen LogP contribution in [-0.4, -0.2) is 42.5 Å². The van der Waals surface area contributed by atoms with E-state index in [9.17, 15) is 0 Å². The molecule has 0 unspecified atom stereocenters. The van der Waals surface area contributed by atoms with E-state index in [4.69, 9.17) is 4.42 Å². The summed E-state index contributed by atoms with van der Waals surface area (Å²) in [5, 5.41) is 0. The van der Waals surface area contributed by atoms with Gasteiger partial charge >= 0.3 is 0 Å². The summed E-state index contributed by atoms with van der Waals surface area (Å²) in [4.78, 5) is 5.08. The fourth-order valence-electron chi connectivity index (χ4n) is 2.91. The SMILES string of the molecule is C(=Cc1ccco1)CN1CCCN(Cc2ccccc2)CC1. The van der Waals surface area contributed by atoms with Crippen LogP contribution in [0.15, 0.2) is 59.2 Å². The Balaban J connectivity index is 1.45. The molecule has 1 saturated heterocycles. The van der Waals surface area contributed by atoms with Crippen molar-refractivity contribution in [3.8, 4) is 0 Å². The number of nitrogens with zero attached hydrogens (tertiary/aromatic N) is 2. The predicted octanol–water partition coefficient (Wildman–Crippen LogP) is 3.50. The van der Waals surface area contributed by atoms with Crippen LogP contribution in [0.3, 0.4) is 0 Å². The Morgan fingerprint density at radius 2 is 1.73 bits per heavy atom. The lowest BCUT2D eigenvalue weighted by atomic mass is 10.2. The Labute approximate surface area is 132 Å². The van der Waals surface area contributed by atoms with Crippen LogP contribution in [0.4, 0.5) is 0 Å². The van der Waals surface area contributed by atoms with E-state index >= 15 is 0 Å². The van der Waals surface area contributed by atoms with Gasteiger partial charge in [-0.05, 0) is 43.3 Å². The Morgan fingerprint density at radius 3 is 2.55 bits per heavy atom. The average Bonchev–Trinajstić information content (AvgIpc) is 2.96. The van der Waals surface area contributed by atoms with Gasteiger partial charge in [0.05, 0.1) is 6.26 Å². The smallest absolute Gasteiger partial charge is 0.126 e. The van der Waals surface area contributed by atoms with Crippen molar-refractivity contribution in [3.05, 3.63) is 66.1 Å². The highest BCUT2D eigenvalue weighted by Gasteiger charge is 2.13. The molecule has 3 nitrogen and oxygen atoms in total. The number of rotatable bonds is 5. The lowest BCUT2D eigenvalue weighted by Gasteiger charge is -2.21. The molecule has 0 bridgehead atoms. The molecule has 0 saturated carbocycles. The van der Waals surface area contributed by atoms with Gasteiger partial charge in [0.25, 0.3) is 0 Å². The highest BCUT2D eigenvalue weighted by Crippen LogP contribution is 2.09. The largest absolute Gasteiger partial charge is 0.465 e. The van der Waals surface area contributed by atoms with Gasteiger partial charge in [-0.1, -0.05) is 36.4 Å². The maximum atomic E-state index is 5.32. The normalized spacial score (nSPS) is 17.8. The first-order valence-corrected chi connectivity index (χ1v) is 8.09. The van der Waals surface area contributed by atoms with E-state index in [-0.39, 0.29) is 0 Å². The Kier molecular flexibility index (Phi) is 5.46. The van der Waals surface area contributed by atoms with Crippen molar-refractivity contribution in [2.45, 2.75) is 13.0 Å². The van der Waals surface area contributed by atoms with Gasteiger partial charge in [-0.25, -0.2) is 0 Å². The minimum absolute atomic E-state index is 0.931. The molecule has 22 heavy (non-hydrogen) atoms. The maximum absolute atomic E-state index is 5.32. The van der Waals surface area contributed by atoms with Crippen LogP contribution in [-0.2, 0) is 6.54 Å². The van der Waals surface area contributed by atoms with Crippen LogP contribution in [0.1, 0.15) is 17.7 Å². The highest BCUT2D eigenvalue weighted by molar-refractivity contribution is 5.42. The Hall–Kier alpha value is -1.84. The predicted molar refractivity (Wildman–Crippen MR) is 90.5 cm³/mol. The first-order chi connectivity index (χ1) is 10.9. The van der Waals surface area contributed by atoms with Crippen molar-refractivity contribution in [2.24, 2.45) is 0 Å². The van der Waals surface area contributed by atoms with Gasteiger partial charge in [0.1, 0.15) is 5.76 Å². The van der Waals surface area contributed by atoms with Gasteiger partial charge in [-0.15, -0.1) is 0 Å². The molecule has 1 aromatic heterocycles. The summed E-state index contributed by atoms with van der Waals surface area (Å²) < 4.78 is 5.32. The Morgan fingerprint density at radius 1 is 0.909 bits per heavy atom.